The molecule has 1 saturated heterocycles. The van der Waals surface area contributed by atoms with Gasteiger partial charge in [0.25, 0.3) is 0 Å². The largest absolute Gasteiger partial charge is 0.375 e. The number of pyridine rings is 1. The molecular formula is C12H14N4O2. The van der Waals surface area contributed by atoms with Crippen molar-refractivity contribution in [2.45, 2.75) is 12.5 Å². The van der Waals surface area contributed by atoms with Gasteiger partial charge in [0, 0.05) is 31.0 Å². The quantitative estimate of drug-likeness (QED) is 0.857. The second-order valence-corrected chi connectivity index (χ2v) is 4.15. The van der Waals surface area contributed by atoms with Gasteiger partial charge >= 0.3 is 0 Å². The summed E-state index contributed by atoms with van der Waals surface area (Å²) >= 11 is 0. The number of hydrogen-bond donors (Lipinski definition) is 1. The number of morpholine rings is 1. The molecule has 1 atom stereocenters. The third-order valence-electron chi connectivity index (χ3n) is 2.79. The van der Waals surface area contributed by atoms with Crippen LogP contribution < -0.4 is 5.32 Å². The first kappa shape index (κ1) is 11.3. The van der Waals surface area contributed by atoms with Crippen molar-refractivity contribution < 1.29 is 9.26 Å². The van der Waals surface area contributed by atoms with E-state index in [1.165, 1.54) is 0 Å². The van der Waals surface area contributed by atoms with Crippen molar-refractivity contribution in [3.63, 3.8) is 0 Å². The standard InChI is InChI=1S/C12H14N4O2/c1-2-9(7-13-3-1)12-15-11(18-16-12)6-10-8-14-4-5-17-10/h1-3,7,10,14H,4-6,8H2. The van der Waals surface area contributed by atoms with Gasteiger partial charge in [0.2, 0.25) is 11.7 Å². The number of nitrogens with zero attached hydrogens (tertiary/aromatic N) is 3. The van der Waals surface area contributed by atoms with E-state index in [-0.39, 0.29) is 6.10 Å². The second-order valence-electron chi connectivity index (χ2n) is 4.15. The molecule has 0 aromatic carbocycles. The molecule has 2 aromatic rings. The van der Waals surface area contributed by atoms with Crippen LogP contribution in [0.3, 0.4) is 0 Å². The molecule has 0 bridgehead atoms. The number of nitrogens with one attached hydrogen (secondary N) is 1. The van der Waals surface area contributed by atoms with Crippen LogP contribution >= 0.6 is 0 Å². The molecule has 0 aliphatic carbocycles. The van der Waals surface area contributed by atoms with Crippen molar-refractivity contribution in [2.75, 3.05) is 19.7 Å². The van der Waals surface area contributed by atoms with Crippen LogP contribution in [-0.2, 0) is 11.2 Å². The highest BCUT2D eigenvalue weighted by Crippen LogP contribution is 2.15. The minimum absolute atomic E-state index is 0.112. The van der Waals surface area contributed by atoms with Gasteiger partial charge in [-0.1, -0.05) is 5.16 Å². The second kappa shape index (κ2) is 5.24. The van der Waals surface area contributed by atoms with Crippen LogP contribution in [-0.4, -0.2) is 40.9 Å². The smallest absolute Gasteiger partial charge is 0.229 e. The molecule has 94 valence electrons. The predicted octanol–water partition coefficient (Wildman–Crippen LogP) is 0.662. The monoisotopic (exact) mass is 246 g/mol. The lowest BCUT2D eigenvalue weighted by Gasteiger charge is -2.21. The van der Waals surface area contributed by atoms with Crippen LogP contribution in [0.5, 0.6) is 0 Å². The highest BCUT2D eigenvalue weighted by atomic mass is 16.5. The maximum absolute atomic E-state index is 5.59. The summed E-state index contributed by atoms with van der Waals surface area (Å²) in [6, 6.07) is 3.75. The predicted molar refractivity (Wildman–Crippen MR) is 63.8 cm³/mol. The fourth-order valence-corrected chi connectivity index (χ4v) is 1.90. The van der Waals surface area contributed by atoms with E-state index in [2.05, 4.69) is 20.4 Å². The van der Waals surface area contributed by atoms with Crippen LogP contribution in [0.25, 0.3) is 11.4 Å². The fourth-order valence-electron chi connectivity index (χ4n) is 1.90. The van der Waals surface area contributed by atoms with E-state index >= 15 is 0 Å². The number of aromatic nitrogens is 3. The normalized spacial score (nSPS) is 19.9. The van der Waals surface area contributed by atoms with E-state index in [1.54, 1.807) is 12.4 Å². The molecule has 3 rings (SSSR count). The lowest BCUT2D eigenvalue weighted by molar-refractivity contribution is 0.0246. The molecule has 0 saturated carbocycles. The van der Waals surface area contributed by atoms with Crippen molar-refractivity contribution >= 4 is 0 Å². The molecular weight excluding hydrogens is 232 g/mol. The Labute approximate surface area is 104 Å². The zero-order valence-corrected chi connectivity index (χ0v) is 9.87. The Morgan fingerprint density at radius 3 is 3.22 bits per heavy atom. The van der Waals surface area contributed by atoms with E-state index in [1.807, 2.05) is 12.1 Å². The van der Waals surface area contributed by atoms with Crippen LogP contribution in [0, 0.1) is 0 Å². The average molecular weight is 246 g/mol. The third-order valence-corrected chi connectivity index (χ3v) is 2.79. The zero-order chi connectivity index (χ0) is 12.2. The summed E-state index contributed by atoms with van der Waals surface area (Å²) in [5, 5.41) is 7.22. The average Bonchev–Trinajstić information content (AvgIpc) is 2.89. The third kappa shape index (κ3) is 2.55. The Balaban J connectivity index is 1.69. The Kier molecular flexibility index (Phi) is 3.29. The van der Waals surface area contributed by atoms with Gasteiger partial charge in [-0.25, -0.2) is 0 Å². The van der Waals surface area contributed by atoms with Gasteiger partial charge in [-0.3, -0.25) is 4.98 Å². The molecule has 6 heteroatoms. The molecule has 1 aliphatic heterocycles. The molecule has 1 fully saturated rings. The maximum Gasteiger partial charge on any atom is 0.229 e. The van der Waals surface area contributed by atoms with Crippen molar-refractivity contribution in [1.82, 2.24) is 20.4 Å². The molecule has 0 spiro atoms. The van der Waals surface area contributed by atoms with Crippen molar-refractivity contribution in [2.24, 2.45) is 0 Å². The van der Waals surface area contributed by atoms with E-state index in [9.17, 15) is 0 Å². The SMILES string of the molecule is c1cncc(-c2noc(CC3CNCCO3)n2)c1. The minimum atomic E-state index is 0.112. The number of rotatable bonds is 3. The Morgan fingerprint density at radius 1 is 1.44 bits per heavy atom. The van der Waals surface area contributed by atoms with E-state index in [0.29, 0.717) is 18.1 Å². The van der Waals surface area contributed by atoms with E-state index in [4.69, 9.17) is 9.26 Å². The van der Waals surface area contributed by atoms with Gasteiger partial charge in [0.1, 0.15) is 0 Å². The van der Waals surface area contributed by atoms with Gasteiger partial charge in [-0.05, 0) is 12.1 Å². The fraction of sp³-hybridized carbons (Fsp3) is 0.417. The first-order valence-electron chi connectivity index (χ1n) is 5.97. The van der Waals surface area contributed by atoms with Gasteiger partial charge in [-0.15, -0.1) is 0 Å². The maximum atomic E-state index is 5.59. The number of ether oxygens (including phenoxy) is 1. The minimum Gasteiger partial charge on any atom is -0.375 e. The molecule has 18 heavy (non-hydrogen) atoms. The summed E-state index contributed by atoms with van der Waals surface area (Å²) < 4.78 is 10.8. The van der Waals surface area contributed by atoms with Gasteiger partial charge < -0.3 is 14.6 Å². The van der Waals surface area contributed by atoms with E-state index in [0.717, 1.165) is 25.3 Å². The van der Waals surface area contributed by atoms with Crippen LogP contribution in [0.15, 0.2) is 29.0 Å². The molecule has 1 unspecified atom stereocenters. The molecule has 1 aliphatic rings. The highest BCUT2D eigenvalue weighted by molar-refractivity contribution is 5.51. The van der Waals surface area contributed by atoms with Crippen molar-refractivity contribution in [3.05, 3.63) is 30.4 Å². The molecule has 3 heterocycles. The summed E-state index contributed by atoms with van der Waals surface area (Å²) in [7, 11) is 0. The Hall–Kier alpha value is -1.79. The summed E-state index contributed by atoms with van der Waals surface area (Å²) in [6.45, 7) is 2.46. The Morgan fingerprint density at radius 2 is 2.44 bits per heavy atom. The molecule has 6 nitrogen and oxygen atoms in total. The molecule has 0 amide bonds. The molecule has 0 radical (unpaired) electrons. The van der Waals surface area contributed by atoms with Crippen LogP contribution in [0.4, 0.5) is 0 Å². The lowest BCUT2D eigenvalue weighted by atomic mass is 10.2. The summed E-state index contributed by atoms with van der Waals surface area (Å²) in [6.07, 6.45) is 4.18. The molecule has 1 N–H and O–H groups in total. The zero-order valence-electron chi connectivity index (χ0n) is 9.87. The number of hydrogen-bond acceptors (Lipinski definition) is 6. The van der Waals surface area contributed by atoms with Gasteiger partial charge in [-0.2, -0.15) is 4.98 Å². The lowest BCUT2D eigenvalue weighted by Crippen LogP contribution is -2.39. The Bertz CT molecular complexity index is 494. The highest BCUT2D eigenvalue weighted by Gasteiger charge is 2.18. The van der Waals surface area contributed by atoms with E-state index < -0.39 is 0 Å². The van der Waals surface area contributed by atoms with Crippen molar-refractivity contribution in [3.8, 4) is 11.4 Å². The summed E-state index contributed by atoms with van der Waals surface area (Å²) in [4.78, 5) is 8.38. The topological polar surface area (TPSA) is 73.1 Å². The first-order chi connectivity index (χ1) is 8.92. The molecule has 2 aromatic heterocycles. The van der Waals surface area contributed by atoms with Gasteiger partial charge in [0.05, 0.1) is 19.1 Å². The van der Waals surface area contributed by atoms with Crippen molar-refractivity contribution in [1.29, 1.82) is 0 Å². The van der Waals surface area contributed by atoms with Gasteiger partial charge in [0.15, 0.2) is 0 Å². The summed E-state index contributed by atoms with van der Waals surface area (Å²) in [5.74, 6) is 1.17. The first-order valence-corrected chi connectivity index (χ1v) is 5.97. The summed E-state index contributed by atoms with van der Waals surface area (Å²) in [5.41, 5.74) is 0.857. The van der Waals surface area contributed by atoms with Crippen LogP contribution in [0.2, 0.25) is 0 Å². The van der Waals surface area contributed by atoms with Crippen LogP contribution in [0.1, 0.15) is 5.89 Å².